The lowest BCUT2D eigenvalue weighted by Crippen LogP contribution is -2.28. The molecular weight excluding hydrogens is 402 g/mol. The molecule has 0 radical (unpaired) electrons. The second kappa shape index (κ2) is 8.20. The molecule has 3 heterocycles. The summed E-state index contributed by atoms with van der Waals surface area (Å²) in [6, 6.07) is 11.6. The molecule has 1 unspecified atom stereocenters. The van der Waals surface area contributed by atoms with Crippen LogP contribution in [0.15, 0.2) is 64.1 Å². The van der Waals surface area contributed by atoms with E-state index in [1.807, 2.05) is 31.4 Å². The van der Waals surface area contributed by atoms with Crippen molar-refractivity contribution in [2.24, 2.45) is 0 Å². The highest BCUT2D eigenvalue weighted by Crippen LogP contribution is 2.41. The third-order valence-corrected chi connectivity index (χ3v) is 5.87. The first-order valence-electron chi connectivity index (χ1n) is 9.59. The van der Waals surface area contributed by atoms with Crippen LogP contribution in [0.25, 0.3) is 5.76 Å². The number of hydrogen-bond acceptors (Lipinski definition) is 6. The van der Waals surface area contributed by atoms with Crippen molar-refractivity contribution in [3.63, 3.8) is 0 Å². The average Bonchev–Trinajstić information content (AvgIpc) is 3.48. The number of furan rings is 1. The highest BCUT2D eigenvalue weighted by atomic mass is 32.1. The van der Waals surface area contributed by atoms with Crippen LogP contribution in [-0.2, 0) is 16.1 Å². The first-order valence-corrected chi connectivity index (χ1v) is 10.5. The monoisotopic (exact) mass is 423 g/mol. The summed E-state index contributed by atoms with van der Waals surface area (Å²) in [4.78, 5) is 28.2. The Kier molecular flexibility index (Phi) is 5.46. The topological polar surface area (TPSA) is 80.0 Å². The number of aliphatic hydroxyl groups excluding tert-OH is 1. The third kappa shape index (κ3) is 3.52. The Labute approximate surface area is 178 Å². The van der Waals surface area contributed by atoms with Crippen molar-refractivity contribution in [2.45, 2.75) is 26.4 Å². The van der Waals surface area contributed by atoms with E-state index in [1.165, 1.54) is 22.5 Å². The molecule has 2 aromatic heterocycles. The van der Waals surface area contributed by atoms with E-state index in [-0.39, 0.29) is 17.9 Å². The average molecular weight is 423 g/mol. The van der Waals surface area contributed by atoms with Crippen LogP contribution in [0.2, 0.25) is 0 Å². The van der Waals surface area contributed by atoms with Crippen molar-refractivity contribution >= 4 is 28.8 Å². The Balaban J connectivity index is 1.81. The molecule has 1 fully saturated rings. The highest BCUT2D eigenvalue weighted by molar-refractivity contribution is 7.09. The van der Waals surface area contributed by atoms with Crippen LogP contribution in [0, 0.1) is 6.92 Å². The lowest BCUT2D eigenvalue weighted by molar-refractivity contribution is -0.140. The maximum atomic E-state index is 12.9. The predicted molar refractivity (Wildman–Crippen MR) is 113 cm³/mol. The van der Waals surface area contributed by atoms with E-state index in [1.54, 1.807) is 30.3 Å². The minimum atomic E-state index is -0.797. The third-order valence-electron chi connectivity index (χ3n) is 5.01. The van der Waals surface area contributed by atoms with E-state index in [0.717, 1.165) is 10.4 Å². The summed E-state index contributed by atoms with van der Waals surface area (Å²) >= 11 is 1.50. The molecule has 1 aromatic carbocycles. The number of amides is 1. The van der Waals surface area contributed by atoms with Crippen molar-refractivity contribution in [1.29, 1.82) is 0 Å². The van der Waals surface area contributed by atoms with Gasteiger partial charge in [0.25, 0.3) is 11.7 Å². The zero-order valence-corrected chi connectivity index (χ0v) is 17.4. The van der Waals surface area contributed by atoms with Gasteiger partial charge in [0.2, 0.25) is 0 Å². The van der Waals surface area contributed by atoms with Crippen molar-refractivity contribution in [2.75, 3.05) is 6.61 Å². The second-order valence-corrected chi connectivity index (χ2v) is 7.97. The maximum Gasteiger partial charge on any atom is 0.296 e. The standard InChI is InChI=1S/C23H21NO5S/c1-3-28-17-9-8-15(12-14(17)2)21(25)19-20(18-7-4-10-29-18)24(23(27)22(19)26)13-16-6-5-11-30-16/h4-12,20,25H,3,13H2,1-2H3/b21-19-. The van der Waals surface area contributed by atoms with Crippen molar-refractivity contribution in [3.05, 3.63) is 81.4 Å². The van der Waals surface area contributed by atoms with E-state index in [4.69, 9.17) is 9.15 Å². The Morgan fingerprint density at radius 1 is 1.23 bits per heavy atom. The van der Waals surface area contributed by atoms with Gasteiger partial charge in [-0.15, -0.1) is 11.3 Å². The summed E-state index contributed by atoms with van der Waals surface area (Å²) in [7, 11) is 0. The van der Waals surface area contributed by atoms with Crippen LogP contribution < -0.4 is 4.74 Å². The molecule has 1 saturated heterocycles. The Bertz CT molecular complexity index is 1100. The molecular formula is C23H21NO5S. The van der Waals surface area contributed by atoms with Crippen LogP contribution in [-0.4, -0.2) is 28.3 Å². The van der Waals surface area contributed by atoms with Crippen LogP contribution >= 0.6 is 11.3 Å². The molecule has 30 heavy (non-hydrogen) atoms. The van der Waals surface area contributed by atoms with Gasteiger partial charge in [-0.05, 0) is 61.2 Å². The van der Waals surface area contributed by atoms with Crippen LogP contribution in [0.3, 0.4) is 0 Å². The molecule has 6 nitrogen and oxygen atoms in total. The molecule has 7 heteroatoms. The largest absolute Gasteiger partial charge is 0.507 e. The normalized spacial score (nSPS) is 18.2. The van der Waals surface area contributed by atoms with E-state index in [2.05, 4.69) is 0 Å². The van der Waals surface area contributed by atoms with Gasteiger partial charge in [-0.3, -0.25) is 9.59 Å². The molecule has 0 saturated carbocycles. The molecule has 1 amide bonds. The quantitative estimate of drug-likeness (QED) is 0.354. The highest BCUT2D eigenvalue weighted by Gasteiger charge is 2.47. The fourth-order valence-electron chi connectivity index (χ4n) is 3.63. The van der Waals surface area contributed by atoms with Crippen molar-refractivity contribution in [3.8, 4) is 5.75 Å². The molecule has 0 aliphatic carbocycles. The number of benzene rings is 1. The summed E-state index contributed by atoms with van der Waals surface area (Å²) < 4.78 is 11.1. The molecule has 1 N–H and O–H groups in total. The number of hydrogen-bond donors (Lipinski definition) is 1. The second-order valence-electron chi connectivity index (χ2n) is 6.94. The predicted octanol–water partition coefficient (Wildman–Crippen LogP) is 4.67. The minimum absolute atomic E-state index is 0.0232. The van der Waals surface area contributed by atoms with E-state index in [9.17, 15) is 14.7 Å². The molecule has 1 aliphatic rings. The molecule has 3 aromatic rings. The summed E-state index contributed by atoms with van der Waals surface area (Å²) in [6.45, 7) is 4.54. The van der Waals surface area contributed by atoms with E-state index in [0.29, 0.717) is 23.7 Å². The Morgan fingerprint density at radius 3 is 2.70 bits per heavy atom. The zero-order valence-electron chi connectivity index (χ0n) is 16.6. The molecule has 4 rings (SSSR count). The number of ether oxygens (including phenoxy) is 1. The number of ketones is 1. The number of thiophene rings is 1. The summed E-state index contributed by atoms with van der Waals surface area (Å²) in [5, 5.41) is 13.0. The number of aliphatic hydroxyl groups is 1. The van der Waals surface area contributed by atoms with Crippen LogP contribution in [0.1, 0.15) is 34.7 Å². The van der Waals surface area contributed by atoms with Crippen LogP contribution in [0.4, 0.5) is 0 Å². The molecule has 0 bridgehead atoms. The summed E-state index contributed by atoms with van der Waals surface area (Å²) in [6.07, 6.45) is 1.49. The maximum absolute atomic E-state index is 12.9. The van der Waals surface area contributed by atoms with Gasteiger partial charge in [0, 0.05) is 10.4 Å². The van der Waals surface area contributed by atoms with E-state index < -0.39 is 17.7 Å². The lowest BCUT2D eigenvalue weighted by atomic mass is 9.98. The smallest absolute Gasteiger partial charge is 0.296 e. The van der Waals surface area contributed by atoms with E-state index >= 15 is 0 Å². The number of aryl methyl sites for hydroxylation is 1. The SMILES string of the molecule is CCOc1ccc(/C(O)=C2/C(=O)C(=O)N(Cc3cccs3)C2c2ccco2)cc1C. The van der Waals surface area contributed by atoms with Gasteiger partial charge in [-0.25, -0.2) is 0 Å². The van der Waals surface area contributed by atoms with Gasteiger partial charge in [-0.2, -0.15) is 0 Å². The first kappa shape index (κ1) is 20.0. The van der Waals surface area contributed by atoms with Gasteiger partial charge >= 0.3 is 0 Å². The number of nitrogens with zero attached hydrogens (tertiary/aromatic N) is 1. The molecule has 154 valence electrons. The molecule has 0 spiro atoms. The van der Waals surface area contributed by atoms with Crippen LogP contribution in [0.5, 0.6) is 5.75 Å². The van der Waals surface area contributed by atoms with Crippen molar-refractivity contribution in [1.82, 2.24) is 4.90 Å². The van der Waals surface area contributed by atoms with Gasteiger partial charge in [0.1, 0.15) is 23.3 Å². The summed E-state index contributed by atoms with van der Waals surface area (Å²) in [5.41, 5.74) is 1.29. The number of carbonyl (C=O) groups is 2. The van der Waals surface area contributed by atoms with Crippen molar-refractivity contribution < 1.29 is 23.8 Å². The number of rotatable bonds is 6. The van der Waals surface area contributed by atoms with Gasteiger partial charge in [-0.1, -0.05) is 6.07 Å². The number of carbonyl (C=O) groups excluding carboxylic acids is 2. The summed E-state index contributed by atoms with van der Waals surface area (Å²) in [5.74, 6) is -0.481. The number of Topliss-reactive ketones (excluding diaryl/α,β-unsaturated/α-hetero) is 1. The fraction of sp³-hybridized carbons (Fsp3) is 0.217. The molecule has 1 atom stereocenters. The lowest BCUT2D eigenvalue weighted by Gasteiger charge is -2.22. The Morgan fingerprint density at radius 2 is 2.07 bits per heavy atom. The zero-order chi connectivity index (χ0) is 21.3. The Hall–Kier alpha value is -3.32. The minimum Gasteiger partial charge on any atom is -0.507 e. The van der Waals surface area contributed by atoms with Gasteiger partial charge in [0.15, 0.2) is 0 Å². The fourth-order valence-corrected chi connectivity index (χ4v) is 4.33. The van der Waals surface area contributed by atoms with Gasteiger partial charge < -0.3 is 19.2 Å². The van der Waals surface area contributed by atoms with Gasteiger partial charge in [0.05, 0.1) is 25.0 Å². The first-order chi connectivity index (χ1) is 14.5. The molecule has 1 aliphatic heterocycles. The number of likely N-dealkylation sites (tertiary alicyclic amines) is 1.